The number of fused-ring (bicyclic) bond motifs is 1. The Hall–Kier alpha value is -2.14. The highest BCUT2D eigenvalue weighted by atomic mass is 16.5. The number of hydrogen-bond donors (Lipinski definition) is 1. The summed E-state index contributed by atoms with van der Waals surface area (Å²) in [7, 11) is 1.23. The maximum absolute atomic E-state index is 12.6. The number of allylic oxidation sites excluding steroid dienone is 1. The van der Waals surface area contributed by atoms with Crippen LogP contribution >= 0.6 is 0 Å². The summed E-state index contributed by atoms with van der Waals surface area (Å²) in [5, 5.41) is 10.7. The molecule has 0 aromatic heterocycles. The molecule has 0 spiro atoms. The number of carbonyl (C=O) groups is 2. The van der Waals surface area contributed by atoms with Gasteiger partial charge in [0.25, 0.3) is 5.91 Å². The second kappa shape index (κ2) is 5.69. The Morgan fingerprint density at radius 1 is 1.38 bits per heavy atom. The van der Waals surface area contributed by atoms with Gasteiger partial charge in [-0.3, -0.25) is 9.59 Å². The molecule has 1 amide bonds. The van der Waals surface area contributed by atoms with E-state index in [9.17, 15) is 14.7 Å². The van der Waals surface area contributed by atoms with Crippen molar-refractivity contribution >= 4 is 17.6 Å². The molecule has 1 N–H and O–H groups in total. The Morgan fingerprint density at radius 2 is 2.05 bits per heavy atom. The second-order valence-corrected chi connectivity index (χ2v) is 5.33. The van der Waals surface area contributed by atoms with E-state index >= 15 is 0 Å². The van der Waals surface area contributed by atoms with Crippen molar-refractivity contribution in [1.29, 1.82) is 0 Å². The summed E-state index contributed by atoms with van der Waals surface area (Å²) < 4.78 is 4.59. The number of para-hydroxylation sites is 1. The van der Waals surface area contributed by atoms with Gasteiger partial charge in [-0.05, 0) is 19.9 Å². The molecule has 1 unspecified atom stereocenters. The van der Waals surface area contributed by atoms with E-state index in [4.69, 9.17) is 0 Å². The molecule has 112 valence electrons. The minimum Gasteiger partial charge on any atom is -0.469 e. The lowest BCUT2D eigenvalue weighted by Crippen LogP contribution is -2.42. The molecule has 0 saturated carbocycles. The third-order valence-electron chi connectivity index (χ3n) is 3.55. The van der Waals surface area contributed by atoms with Crippen molar-refractivity contribution in [1.82, 2.24) is 0 Å². The number of ether oxygens (including phenoxy) is 1. The van der Waals surface area contributed by atoms with Gasteiger partial charge in [-0.15, -0.1) is 0 Å². The fraction of sp³-hybridized carbons (Fsp3) is 0.375. The molecule has 1 atom stereocenters. The van der Waals surface area contributed by atoms with Crippen LogP contribution in [0.4, 0.5) is 5.69 Å². The number of esters is 1. The average molecular weight is 289 g/mol. The number of hydrogen-bond acceptors (Lipinski definition) is 4. The molecule has 2 rings (SSSR count). The van der Waals surface area contributed by atoms with E-state index in [-0.39, 0.29) is 6.42 Å². The monoisotopic (exact) mass is 289 g/mol. The molecule has 0 aliphatic carbocycles. The fourth-order valence-electron chi connectivity index (χ4n) is 2.41. The third kappa shape index (κ3) is 2.69. The molecule has 5 nitrogen and oxygen atoms in total. The Bertz CT molecular complexity index is 604. The number of nitrogens with zero attached hydrogens (tertiary/aromatic N) is 1. The van der Waals surface area contributed by atoms with Crippen LogP contribution in [0.2, 0.25) is 0 Å². The van der Waals surface area contributed by atoms with Crippen molar-refractivity contribution in [2.24, 2.45) is 0 Å². The van der Waals surface area contributed by atoms with Gasteiger partial charge in [0, 0.05) is 12.1 Å². The van der Waals surface area contributed by atoms with Crippen LogP contribution in [-0.4, -0.2) is 30.6 Å². The fourth-order valence-corrected chi connectivity index (χ4v) is 2.41. The van der Waals surface area contributed by atoms with Gasteiger partial charge < -0.3 is 14.7 Å². The molecule has 1 aliphatic heterocycles. The summed E-state index contributed by atoms with van der Waals surface area (Å²) in [6.45, 7) is 4.24. The molecule has 5 heteroatoms. The van der Waals surface area contributed by atoms with Crippen molar-refractivity contribution in [2.45, 2.75) is 25.9 Å². The molecule has 21 heavy (non-hydrogen) atoms. The number of anilines is 1. The summed E-state index contributed by atoms with van der Waals surface area (Å²) in [5.74, 6) is -1.11. The van der Waals surface area contributed by atoms with Gasteiger partial charge in [0.1, 0.15) is 0 Å². The number of amides is 1. The molecule has 0 bridgehead atoms. The van der Waals surface area contributed by atoms with E-state index in [2.05, 4.69) is 4.74 Å². The maximum atomic E-state index is 12.6. The van der Waals surface area contributed by atoms with Crippen molar-refractivity contribution in [3.8, 4) is 0 Å². The zero-order valence-corrected chi connectivity index (χ0v) is 12.4. The Balaban J connectivity index is 2.43. The van der Waals surface area contributed by atoms with Crippen LogP contribution in [0.3, 0.4) is 0 Å². The predicted molar refractivity (Wildman–Crippen MR) is 78.8 cm³/mol. The van der Waals surface area contributed by atoms with E-state index in [0.29, 0.717) is 17.8 Å². The lowest BCUT2D eigenvalue weighted by Gasteiger charge is -2.21. The summed E-state index contributed by atoms with van der Waals surface area (Å²) in [6.07, 6.45) is 1.52. The molecule has 0 radical (unpaired) electrons. The largest absolute Gasteiger partial charge is 0.469 e. The molecule has 0 saturated heterocycles. The maximum Gasteiger partial charge on any atom is 0.309 e. The molecular weight excluding hydrogens is 270 g/mol. The minimum atomic E-state index is -1.85. The van der Waals surface area contributed by atoms with Gasteiger partial charge in [0.15, 0.2) is 5.60 Å². The second-order valence-electron chi connectivity index (χ2n) is 5.33. The lowest BCUT2D eigenvalue weighted by atomic mass is 9.92. The van der Waals surface area contributed by atoms with Crippen LogP contribution in [0, 0.1) is 0 Å². The van der Waals surface area contributed by atoms with E-state index in [1.54, 1.807) is 24.3 Å². The average Bonchev–Trinajstić information content (AvgIpc) is 2.66. The molecular formula is C16H19NO4. The van der Waals surface area contributed by atoms with Gasteiger partial charge in [-0.2, -0.15) is 0 Å². The van der Waals surface area contributed by atoms with E-state index in [0.717, 1.165) is 5.57 Å². The quantitative estimate of drug-likeness (QED) is 0.677. The SMILES string of the molecule is COC(=O)CC1(O)C(=O)N(CC=C(C)C)c2ccccc21. The van der Waals surface area contributed by atoms with Gasteiger partial charge >= 0.3 is 5.97 Å². The first-order valence-electron chi connectivity index (χ1n) is 6.74. The van der Waals surface area contributed by atoms with E-state index in [1.807, 2.05) is 19.9 Å². The molecule has 1 aromatic rings. The van der Waals surface area contributed by atoms with Gasteiger partial charge in [-0.1, -0.05) is 29.8 Å². The lowest BCUT2D eigenvalue weighted by molar-refractivity contribution is -0.153. The topological polar surface area (TPSA) is 66.8 Å². The molecule has 0 fully saturated rings. The Labute approximate surface area is 123 Å². The number of aliphatic hydroxyl groups is 1. The Morgan fingerprint density at radius 3 is 2.67 bits per heavy atom. The van der Waals surface area contributed by atoms with Crippen LogP contribution in [0.5, 0.6) is 0 Å². The summed E-state index contributed by atoms with van der Waals surface area (Å²) in [4.78, 5) is 25.6. The van der Waals surface area contributed by atoms with Crippen molar-refractivity contribution < 1.29 is 19.4 Å². The van der Waals surface area contributed by atoms with Gasteiger partial charge in [0.05, 0.1) is 19.2 Å². The number of benzene rings is 1. The van der Waals surface area contributed by atoms with Crippen molar-refractivity contribution in [3.63, 3.8) is 0 Å². The van der Waals surface area contributed by atoms with Crippen LogP contribution in [0.25, 0.3) is 0 Å². The Kier molecular flexibility index (Phi) is 4.14. The standard InChI is InChI=1S/C16H19NO4/c1-11(2)8-9-17-13-7-5-4-6-12(13)16(20,15(17)19)10-14(18)21-3/h4-8,20H,9-10H2,1-3H3. The summed E-state index contributed by atoms with van der Waals surface area (Å²) in [6, 6.07) is 6.96. The van der Waals surface area contributed by atoms with Crippen LogP contribution in [0.15, 0.2) is 35.9 Å². The minimum absolute atomic E-state index is 0.363. The smallest absolute Gasteiger partial charge is 0.309 e. The molecule has 1 aliphatic rings. The highest BCUT2D eigenvalue weighted by molar-refractivity contribution is 6.08. The van der Waals surface area contributed by atoms with Gasteiger partial charge in [0.2, 0.25) is 0 Å². The van der Waals surface area contributed by atoms with Crippen LogP contribution in [0.1, 0.15) is 25.8 Å². The number of carbonyl (C=O) groups excluding carboxylic acids is 2. The summed E-state index contributed by atoms with van der Waals surface area (Å²) in [5.41, 5.74) is 0.303. The van der Waals surface area contributed by atoms with Crippen LogP contribution < -0.4 is 4.90 Å². The zero-order valence-electron chi connectivity index (χ0n) is 12.4. The van der Waals surface area contributed by atoms with E-state index < -0.39 is 17.5 Å². The normalized spacial score (nSPS) is 20.2. The first-order valence-corrected chi connectivity index (χ1v) is 6.74. The zero-order chi connectivity index (χ0) is 15.6. The summed E-state index contributed by atoms with van der Waals surface area (Å²) >= 11 is 0. The molecule has 1 heterocycles. The predicted octanol–water partition coefficient (Wildman–Crippen LogP) is 1.75. The van der Waals surface area contributed by atoms with Crippen molar-refractivity contribution in [3.05, 3.63) is 41.5 Å². The van der Waals surface area contributed by atoms with Crippen LogP contribution in [-0.2, 0) is 19.9 Å². The number of rotatable bonds is 4. The first-order chi connectivity index (χ1) is 9.90. The highest BCUT2D eigenvalue weighted by Gasteiger charge is 2.50. The van der Waals surface area contributed by atoms with Gasteiger partial charge in [-0.25, -0.2) is 0 Å². The number of methoxy groups -OCH3 is 1. The van der Waals surface area contributed by atoms with E-state index in [1.165, 1.54) is 12.0 Å². The first kappa shape index (κ1) is 15.3. The van der Waals surface area contributed by atoms with Crippen molar-refractivity contribution in [2.75, 3.05) is 18.6 Å². The highest BCUT2D eigenvalue weighted by Crippen LogP contribution is 2.42. The molecule has 1 aromatic carbocycles. The third-order valence-corrected chi connectivity index (χ3v) is 3.55.